The molecule has 0 aliphatic carbocycles. The van der Waals surface area contributed by atoms with E-state index in [0.717, 1.165) is 10.1 Å². The van der Waals surface area contributed by atoms with Gasteiger partial charge in [-0.3, -0.25) is 4.57 Å². The molecule has 0 saturated carbocycles. The standard InChI is InChI=1S/C14H18F2N4O/c1-10(2)21-13-11(4-3-5-19-13)8-17-9-12-18-6-7-20(12)14(15)16/h3-7,10,14,17H,8-9H2,1-2H3. The Morgan fingerprint density at radius 2 is 2.05 bits per heavy atom. The van der Waals surface area contributed by atoms with Crippen LogP contribution in [0, 0.1) is 0 Å². The molecule has 21 heavy (non-hydrogen) atoms. The lowest BCUT2D eigenvalue weighted by Gasteiger charge is -2.13. The smallest absolute Gasteiger partial charge is 0.319 e. The highest BCUT2D eigenvalue weighted by atomic mass is 19.3. The van der Waals surface area contributed by atoms with Crippen LogP contribution >= 0.6 is 0 Å². The molecule has 2 rings (SSSR count). The summed E-state index contributed by atoms with van der Waals surface area (Å²) in [6, 6.07) is 3.70. The zero-order valence-electron chi connectivity index (χ0n) is 12.0. The Balaban J connectivity index is 1.96. The average Bonchev–Trinajstić information content (AvgIpc) is 2.88. The van der Waals surface area contributed by atoms with Crippen molar-refractivity contribution in [2.45, 2.75) is 39.6 Å². The molecule has 0 atom stereocenters. The number of aromatic nitrogens is 3. The number of rotatable bonds is 7. The highest BCUT2D eigenvalue weighted by molar-refractivity contribution is 5.25. The second kappa shape index (κ2) is 7.12. The van der Waals surface area contributed by atoms with Crippen LogP contribution in [0.4, 0.5) is 8.78 Å². The first-order chi connectivity index (χ1) is 10.1. The molecule has 0 unspecified atom stereocenters. The van der Waals surface area contributed by atoms with E-state index in [1.165, 1.54) is 12.4 Å². The maximum Gasteiger partial charge on any atom is 0.319 e. The molecular formula is C14H18F2N4O. The van der Waals surface area contributed by atoms with E-state index in [9.17, 15) is 8.78 Å². The molecule has 0 radical (unpaired) electrons. The molecule has 0 fully saturated rings. The minimum Gasteiger partial charge on any atom is -0.475 e. The summed E-state index contributed by atoms with van der Waals surface area (Å²) in [5, 5.41) is 3.08. The molecular weight excluding hydrogens is 278 g/mol. The number of nitrogens with one attached hydrogen (secondary N) is 1. The van der Waals surface area contributed by atoms with Crippen LogP contribution in [0.2, 0.25) is 0 Å². The number of imidazole rings is 1. The molecule has 0 bridgehead atoms. The van der Waals surface area contributed by atoms with Crippen LogP contribution in [0.15, 0.2) is 30.7 Å². The van der Waals surface area contributed by atoms with Crippen molar-refractivity contribution in [3.8, 4) is 5.88 Å². The monoisotopic (exact) mass is 296 g/mol. The van der Waals surface area contributed by atoms with Crippen molar-refractivity contribution in [1.29, 1.82) is 0 Å². The maximum absolute atomic E-state index is 12.7. The molecule has 2 heterocycles. The van der Waals surface area contributed by atoms with Gasteiger partial charge in [-0.2, -0.15) is 8.78 Å². The van der Waals surface area contributed by atoms with Gasteiger partial charge >= 0.3 is 6.55 Å². The fourth-order valence-electron chi connectivity index (χ4n) is 1.86. The molecule has 0 aliphatic rings. The normalized spacial score (nSPS) is 11.3. The Labute approximate surface area is 122 Å². The molecule has 0 aromatic carbocycles. The second-order valence-corrected chi connectivity index (χ2v) is 4.77. The lowest BCUT2D eigenvalue weighted by molar-refractivity contribution is 0.0666. The second-order valence-electron chi connectivity index (χ2n) is 4.77. The number of halogens is 2. The summed E-state index contributed by atoms with van der Waals surface area (Å²) >= 11 is 0. The van der Waals surface area contributed by atoms with E-state index in [4.69, 9.17) is 4.74 Å². The van der Waals surface area contributed by atoms with Crippen LogP contribution in [0.1, 0.15) is 31.8 Å². The number of ether oxygens (including phenoxy) is 1. The van der Waals surface area contributed by atoms with Gasteiger partial charge in [-0.25, -0.2) is 9.97 Å². The summed E-state index contributed by atoms with van der Waals surface area (Å²) in [4.78, 5) is 8.09. The Morgan fingerprint density at radius 1 is 1.24 bits per heavy atom. The fraction of sp³-hybridized carbons (Fsp3) is 0.429. The van der Waals surface area contributed by atoms with Gasteiger partial charge in [0, 0.05) is 30.7 Å². The first kappa shape index (κ1) is 15.4. The summed E-state index contributed by atoms with van der Waals surface area (Å²) in [5.74, 6) is 0.845. The van der Waals surface area contributed by atoms with Gasteiger partial charge in [-0.1, -0.05) is 6.07 Å². The van der Waals surface area contributed by atoms with E-state index >= 15 is 0 Å². The van der Waals surface area contributed by atoms with E-state index in [2.05, 4.69) is 15.3 Å². The largest absolute Gasteiger partial charge is 0.475 e. The molecule has 0 aliphatic heterocycles. The summed E-state index contributed by atoms with van der Waals surface area (Å²) < 4.78 is 31.8. The van der Waals surface area contributed by atoms with Crippen molar-refractivity contribution in [2.24, 2.45) is 0 Å². The van der Waals surface area contributed by atoms with Gasteiger partial charge in [-0.15, -0.1) is 0 Å². The molecule has 0 amide bonds. The first-order valence-electron chi connectivity index (χ1n) is 6.69. The summed E-state index contributed by atoms with van der Waals surface area (Å²) in [6.07, 6.45) is 4.31. The highest BCUT2D eigenvalue weighted by Crippen LogP contribution is 2.16. The van der Waals surface area contributed by atoms with E-state index in [1.54, 1.807) is 6.20 Å². The van der Waals surface area contributed by atoms with E-state index in [-0.39, 0.29) is 12.6 Å². The predicted molar refractivity (Wildman–Crippen MR) is 74.0 cm³/mol. The van der Waals surface area contributed by atoms with Crippen LogP contribution in [0.5, 0.6) is 5.88 Å². The van der Waals surface area contributed by atoms with Crippen LogP contribution in [-0.4, -0.2) is 20.6 Å². The lowest BCUT2D eigenvalue weighted by atomic mass is 10.2. The topological polar surface area (TPSA) is 52.0 Å². The van der Waals surface area contributed by atoms with Gasteiger partial charge < -0.3 is 10.1 Å². The van der Waals surface area contributed by atoms with Crippen molar-refractivity contribution in [3.05, 3.63) is 42.1 Å². The van der Waals surface area contributed by atoms with Crippen molar-refractivity contribution < 1.29 is 13.5 Å². The van der Waals surface area contributed by atoms with E-state index in [0.29, 0.717) is 18.2 Å². The third-order valence-electron chi connectivity index (χ3n) is 2.76. The molecule has 114 valence electrons. The number of nitrogens with zero attached hydrogens (tertiary/aromatic N) is 3. The Hall–Kier alpha value is -2.02. The predicted octanol–water partition coefficient (Wildman–Crippen LogP) is 2.75. The van der Waals surface area contributed by atoms with E-state index in [1.807, 2.05) is 26.0 Å². The Bertz CT molecular complexity index is 572. The highest BCUT2D eigenvalue weighted by Gasteiger charge is 2.11. The molecule has 2 aromatic heterocycles. The van der Waals surface area contributed by atoms with Crippen molar-refractivity contribution in [2.75, 3.05) is 0 Å². The average molecular weight is 296 g/mol. The van der Waals surface area contributed by atoms with Gasteiger partial charge in [0.2, 0.25) is 5.88 Å². The molecule has 1 N–H and O–H groups in total. The van der Waals surface area contributed by atoms with Crippen LogP contribution in [0.25, 0.3) is 0 Å². The zero-order valence-corrected chi connectivity index (χ0v) is 12.0. The number of hydrogen-bond donors (Lipinski definition) is 1. The third-order valence-corrected chi connectivity index (χ3v) is 2.76. The van der Waals surface area contributed by atoms with E-state index < -0.39 is 6.55 Å². The molecule has 7 heteroatoms. The van der Waals surface area contributed by atoms with Crippen LogP contribution < -0.4 is 10.1 Å². The number of alkyl halides is 2. The molecule has 2 aromatic rings. The number of hydrogen-bond acceptors (Lipinski definition) is 4. The summed E-state index contributed by atoms with van der Waals surface area (Å²) in [5.41, 5.74) is 0.876. The SMILES string of the molecule is CC(C)Oc1ncccc1CNCc1nccn1C(F)F. The van der Waals surface area contributed by atoms with Gasteiger partial charge in [0.05, 0.1) is 12.6 Å². The summed E-state index contributed by atoms with van der Waals surface area (Å²) in [6.45, 7) is 1.97. The first-order valence-corrected chi connectivity index (χ1v) is 6.69. The van der Waals surface area contributed by atoms with Gasteiger partial charge in [-0.05, 0) is 19.9 Å². The summed E-state index contributed by atoms with van der Waals surface area (Å²) in [7, 11) is 0. The zero-order chi connectivity index (χ0) is 15.2. The minimum absolute atomic E-state index is 0.0244. The molecule has 0 saturated heterocycles. The molecule has 0 spiro atoms. The minimum atomic E-state index is -2.58. The van der Waals surface area contributed by atoms with Crippen molar-refractivity contribution in [1.82, 2.24) is 19.9 Å². The molecule has 5 nitrogen and oxygen atoms in total. The fourth-order valence-corrected chi connectivity index (χ4v) is 1.86. The lowest BCUT2D eigenvalue weighted by Crippen LogP contribution is -2.18. The third kappa shape index (κ3) is 4.22. The van der Waals surface area contributed by atoms with Crippen LogP contribution in [-0.2, 0) is 13.1 Å². The van der Waals surface area contributed by atoms with Crippen molar-refractivity contribution >= 4 is 0 Å². The Morgan fingerprint density at radius 3 is 2.76 bits per heavy atom. The van der Waals surface area contributed by atoms with Crippen molar-refractivity contribution in [3.63, 3.8) is 0 Å². The quantitative estimate of drug-likeness (QED) is 0.853. The van der Waals surface area contributed by atoms with Gasteiger partial charge in [0.15, 0.2) is 0 Å². The van der Waals surface area contributed by atoms with Gasteiger partial charge in [0.25, 0.3) is 0 Å². The maximum atomic E-state index is 12.7. The Kier molecular flexibility index (Phi) is 5.21. The van der Waals surface area contributed by atoms with Crippen LogP contribution in [0.3, 0.4) is 0 Å². The van der Waals surface area contributed by atoms with Gasteiger partial charge in [0.1, 0.15) is 5.82 Å². The number of pyridine rings is 1.